The first-order valence-corrected chi connectivity index (χ1v) is 9.54. The molecule has 0 radical (unpaired) electrons. The molecule has 0 aliphatic heterocycles. The molecule has 0 bridgehead atoms. The van der Waals surface area contributed by atoms with Gasteiger partial charge in [0.25, 0.3) is 0 Å². The number of pyridine rings is 1. The Balaban J connectivity index is 2.08. The number of rotatable bonds is 7. The minimum atomic E-state index is 0.603. The van der Waals surface area contributed by atoms with Crippen LogP contribution in [0.4, 0.5) is 0 Å². The number of benzene rings is 1. The van der Waals surface area contributed by atoms with Crippen molar-refractivity contribution in [2.45, 2.75) is 31.8 Å². The zero-order valence-electron chi connectivity index (χ0n) is 15.3. The number of hydrogen-bond acceptors (Lipinski definition) is 4. The van der Waals surface area contributed by atoms with E-state index >= 15 is 0 Å². The maximum atomic E-state index is 5.29. The van der Waals surface area contributed by atoms with Crippen molar-refractivity contribution < 1.29 is 4.74 Å². The van der Waals surface area contributed by atoms with E-state index in [0.29, 0.717) is 19.0 Å². The van der Waals surface area contributed by atoms with E-state index in [1.165, 1.54) is 16.0 Å². The summed E-state index contributed by atoms with van der Waals surface area (Å²) in [5, 5.41) is 6.62. The average Bonchev–Trinajstić information content (AvgIpc) is 2.64. The topological polar surface area (TPSA) is 58.5 Å². The van der Waals surface area contributed by atoms with Gasteiger partial charge in [0.1, 0.15) is 0 Å². The molecule has 2 N–H and O–H groups in total. The standard InChI is InChI=1S/C19H26N4OS/c1-5-20-19(23-13-16-7-6-10-21-18(16)24-3)22-12-15-9-8-14(2)11-17(15)25-4/h6-11H,5,12-13H2,1-4H3,(H2,20,22,23). The normalized spacial score (nSPS) is 11.3. The summed E-state index contributed by atoms with van der Waals surface area (Å²) < 4.78 is 5.29. The largest absolute Gasteiger partial charge is 0.481 e. The van der Waals surface area contributed by atoms with Crippen LogP contribution in [0.5, 0.6) is 5.88 Å². The number of guanidine groups is 1. The van der Waals surface area contributed by atoms with Gasteiger partial charge in [-0.1, -0.05) is 18.2 Å². The van der Waals surface area contributed by atoms with Crippen LogP contribution >= 0.6 is 11.8 Å². The summed E-state index contributed by atoms with van der Waals surface area (Å²) in [7, 11) is 1.63. The molecule has 1 aromatic heterocycles. The number of aromatic nitrogens is 1. The quantitative estimate of drug-likeness (QED) is 0.451. The van der Waals surface area contributed by atoms with Crippen LogP contribution in [0.1, 0.15) is 23.6 Å². The molecule has 0 amide bonds. The molecule has 1 aromatic carbocycles. The molecule has 0 unspecified atom stereocenters. The van der Waals surface area contributed by atoms with Crippen LogP contribution in [-0.2, 0) is 13.1 Å². The van der Waals surface area contributed by atoms with Gasteiger partial charge >= 0.3 is 0 Å². The summed E-state index contributed by atoms with van der Waals surface area (Å²) in [4.78, 5) is 10.2. The van der Waals surface area contributed by atoms with Crippen molar-refractivity contribution in [2.75, 3.05) is 19.9 Å². The van der Waals surface area contributed by atoms with Gasteiger partial charge in [0, 0.05) is 29.7 Å². The van der Waals surface area contributed by atoms with E-state index in [1.54, 1.807) is 25.1 Å². The molecule has 1 heterocycles. The molecule has 0 saturated carbocycles. The van der Waals surface area contributed by atoms with Gasteiger partial charge in [-0.2, -0.15) is 0 Å². The number of nitrogens with one attached hydrogen (secondary N) is 2. The molecule has 0 saturated heterocycles. The van der Waals surface area contributed by atoms with Gasteiger partial charge in [0.2, 0.25) is 5.88 Å². The van der Waals surface area contributed by atoms with Gasteiger partial charge in [0.05, 0.1) is 13.7 Å². The van der Waals surface area contributed by atoms with Crippen LogP contribution in [0.2, 0.25) is 0 Å². The number of hydrogen-bond donors (Lipinski definition) is 2. The first-order chi connectivity index (χ1) is 12.2. The van der Waals surface area contributed by atoms with E-state index < -0.39 is 0 Å². The number of thioether (sulfide) groups is 1. The Morgan fingerprint density at radius 3 is 2.80 bits per heavy atom. The molecule has 0 fully saturated rings. The Morgan fingerprint density at radius 2 is 2.08 bits per heavy atom. The van der Waals surface area contributed by atoms with Crippen LogP contribution in [0.25, 0.3) is 0 Å². The molecular formula is C19H26N4OS. The molecule has 5 nitrogen and oxygen atoms in total. The van der Waals surface area contributed by atoms with Crippen molar-refractivity contribution in [1.82, 2.24) is 15.6 Å². The van der Waals surface area contributed by atoms with Crippen molar-refractivity contribution in [2.24, 2.45) is 4.99 Å². The summed E-state index contributed by atoms with van der Waals surface area (Å²) >= 11 is 1.75. The number of aryl methyl sites for hydroxylation is 1. The minimum Gasteiger partial charge on any atom is -0.481 e. The van der Waals surface area contributed by atoms with Gasteiger partial charge in [-0.3, -0.25) is 0 Å². The lowest BCUT2D eigenvalue weighted by atomic mass is 10.1. The van der Waals surface area contributed by atoms with E-state index in [4.69, 9.17) is 9.73 Å². The van der Waals surface area contributed by atoms with Gasteiger partial charge in [-0.25, -0.2) is 9.98 Å². The Morgan fingerprint density at radius 1 is 1.24 bits per heavy atom. The van der Waals surface area contributed by atoms with Crippen molar-refractivity contribution in [3.05, 3.63) is 53.2 Å². The van der Waals surface area contributed by atoms with Crippen LogP contribution in [-0.4, -0.2) is 30.9 Å². The van der Waals surface area contributed by atoms with Crippen molar-refractivity contribution in [3.8, 4) is 5.88 Å². The third-order valence-electron chi connectivity index (χ3n) is 3.68. The number of methoxy groups -OCH3 is 1. The Hall–Kier alpha value is -2.21. The van der Waals surface area contributed by atoms with Gasteiger partial charge in [0.15, 0.2) is 5.96 Å². The fraction of sp³-hybridized carbons (Fsp3) is 0.368. The predicted octanol–water partition coefficient (Wildman–Crippen LogP) is 3.38. The third-order valence-corrected chi connectivity index (χ3v) is 4.50. The Labute approximate surface area is 154 Å². The van der Waals surface area contributed by atoms with E-state index in [0.717, 1.165) is 18.1 Å². The highest BCUT2D eigenvalue weighted by molar-refractivity contribution is 7.98. The highest BCUT2D eigenvalue weighted by Crippen LogP contribution is 2.22. The maximum Gasteiger partial charge on any atom is 0.218 e. The fourth-order valence-electron chi connectivity index (χ4n) is 2.41. The van der Waals surface area contributed by atoms with Crippen molar-refractivity contribution in [3.63, 3.8) is 0 Å². The lowest BCUT2D eigenvalue weighted by Crippen LogP contribution is -2.36. The van der Waals surface area contributed by atoms with E-state index in [1.807, 2.05) is 12.1 Å². The number of nitrogens with zero attached hydrogens (tertiary/aromatic N) is 2. The molecule has 2 aromatic rings. The SMILES string of the molecule is CCNC(=NCc1ccc(C)cc1SC)NCc1cccnc1OC. The molecule has 6 heteroatoms. The monoisotopic (exact) mass is 358 g/mol. The molecule has 2 rings (SSSR count). The van der Waals surface area contributed by atoms with E-state index in [-0.39, 0.29) is 0 Å². The Kier molecular flexibility index (Phi) is 7.60. The molecule has 0 atom stereocenters. The minimum absolute atomic E-state index is 0.603. The average molecular weight is 359 g/mol. The second-order valence-electron chi connectivity index (χ2n) is 5.54. The smallest absolute Gasteiger partial charge is 0.218 e. The maximum absolute atomic E-state index is 5.29. The Bertz CT molecular complexity index is 718. The van der Waals surface area contributed by atoms with Crippen LogP contribution in [0, 0.1) is 6.92 Å². The summed E-state index contributed by atoms with van der Waals surface area (Å²) in [6.07, 6.45) is 3.82. The van der Waals surface area contributed by atoms with Gasteiger partial charge < -0.3 is 15.4 Å². The van der Waals surface area contributed by atoms with Crippen LogP contribution in [0.3, 0.4) is 0 Å². The third kappa shape index (κ3) is 5.67. The lowest BCUT2D eigenvalue weighted by molar-refractivity contribution is 0.392. The number of ether oxygens (including phenoxy) is 1. The second-order valence-corrected chi connectivity index (χ2v) is 6.38. The predicted molar refractivity (Wildman–Crippen MR) is 105 cm³/mol. The number of aliphatic imine (C=N–C) groups is 1. The molecule has 25 heavy (non-hydrogen) atoms. The molecular weight excluding hydrogens is 332 g/mol. The molecule has 0 spiro atoms. The van der Waals surface area contributed by atoms with Crippen LogP contribution in [0.15, 0.2) is 46.4 Å². The highest BCUT2D eigenvalue weighted by atomic mass is 32.2. The van der Waals surface area contributed by atoms with E-state index in [9.17, 15) is 0 Å². The summed E-state index contributed by atoms with van der Waals surface area (Å²) in [5.41, 5.74) is 3.50. The second kappa shape index (κ2) is 9.93. The first kappa shape index (κ1) is 19.1. The first-order valence-electron chi connectivity index (χ1n) is 8.31. The van der Waals surface area contributed by atoms with Crippen molar-refractivity contribution >= 4 is 17.7 Å². The summed E-state index contributed by atoms with van der Waals surface area (Å²) in [6, 6.07) is 10.4. The highest BCUT2D eigenvalue weighted by Gasteiger charge is 2.06. The fourth-order valence-corrected chi connectivity index (χ4v) is 3.11. The van der Waals surface area contributed by atoms with Crippen molar-refractivity contribution in [1.29, 1.82) is 0 Å². The lowest BCUT2D eigenvalue weighted by Gasteiger charge is -2.13. The summed E-state index contributed by atoms with van der Waals surface area (Å²) in [5.74, 6) is 1.41. The van der Waals surface area contributed by atoms with E-state index in [2.05, 4.69) is 53.9 Å². The molecule has 0 aliphatic carbocycles. The molecule has 0 aliphatic rings. The molecule has 134 valence electrons. The zero-order chi connectivity index (χ0) is 18.1. The van der Waals surface area contributed by atoms with Crippen LogP contribution < -0.4 is 15.4 Å². The zero-order valence-corrected chi connectivity index (χ0v) is 16.1. The summed E-state index contributed by atoms with van der Waals surface area (Å²) in [6.45, 7) is 6.21. The van der Waals surface area contributed by atoms with Gasteiger partial charge in [-0.05, 0) is 43.4 Å². The van der Waals surface area contributed by atoms with Gasteiger partial charge in [-0.15, -0.1) is 11.8 Å².